The van der Waals surface area contributed by atoms with Crippen LogP contribution in [0.5, 0.6) is 0 Å². The van der Waals surface area contributed by atoms with Gasteiger partial charge in [-0.1, -0.05) is 13.3 Å². The molecule has 4 N–H and O–H groups in total. The number of ketones is 1. The molecular formula is C16H16N2O8. The van der Waals surface area contributed by atoms with Crippen LogP contribution >= 0.6 is 0 Å². The van der Waals surface area contributed by atoms with Gasteiger partial charge in [0, 0.05) is 30.1 Å². The Balaban J connectivity index is 5.39. The predicted molar refractivity (Wildman–Crippen MR) is 85.3 cm³/mol. The second-order valence-electron chi connectivity index (χ2n) is 4.77. The molecule has 10 heteroatoms. The van der Waals surface area contributed by atoms with Gasteiger partial charge in [0.2, 0.25) is 0 Å². The molecule has 0 aromatic rings. The molecule has 0 bridgehead atoms. The second kappa shape index (κ2) is 11.8. The van der Waals surface area contributed by atoms with E-state index in [1.165, 1.54) is 5.92 Å². The maximum absolute atomic E-state index is 12.2. The van der Waals surface area contributed by atoms with Crippen molar-refractivity contribution in [1.82, 2.24) is 10.6 Å². The van der Waals surface area contributed by atoms with Crippen molar-refractivity contribution in [2.24, 2.45) is 0 Å². The SMILES string of the molecule is CCCCC(=O)C(NC(=O)C#CC(=O)O)C(C=O)NC(=O)C#CC(=O)O. The van der Waals surface area contributed by atoms with Crippen LogP contribution in [0, 0.1) is 23.7 Å². The van der Waals surface area contributed by atoms with Gasteiger partial charge in [0.25, 0.3) is 11.8 Å². The van der Waals surface area contributed by atoms with Crippen molar-refractivity contribution in [2.75, 3.05) is 0 Å². The molecule has 0 aliphatic rings. The highest BCUT2D eigenvalue weighted by Crippen LogP contribution is 2.03. The van der Waals surface area contributed by atoms with Crippen LogP contribution in [0.15, 0.2) is 0 Å². The fourth-order valence-corrected chi connectivity index (χ4v) is 1.66. The summed E-state index contributed by atoms with van der Waals surface area (Å²) in [6.07, 6.45) is 1.24. The van der Waals surface area contributed by atoms with Crippen LogP contribution < -0.4 is 10.6 Å². The number of amides is 2. The summed E-state index contributed by atoms with van der Waals surface area (Å²) >= 11 is 0. The molecule has 0 aromatic heterocycles. The van der Waals surface area contributed by atoms with E-state index in [4.69, 9.17) is 10.2 Å². The Hall–Kier alpha value is -3.66. The van der Waals surface area contributed by atoms with E-state index in [2.05, 4.69) is 5.32 Å². The minimum absolute atomic E-state index is 0.0190. The molecular weight excluding hydrogens is 348 g/mol. The normalized spacial score (nSPS) is 11.3. The number of carbonyl (C=O) groups excluding carboxylic acids is 4. The van der Waals surface area contributed by atoms with Crippen LogP contribution in [0.1, 0.15) is 26.2 Å². The van der Waals surface area contributed by atoms with Gasteiger partial charge in [0.15, 0.2) is 5.78 Å². The van der Waals surface area contributed by atoms with Gasteiger partial charge in [-0.15, -0.1) is 0 Å². The van der Waals surface area contributed by atoms with Crippen molar-refractivity contribution < 1.29 is 39.0 Å². The Morgan fingerprint density at radius 2 is 1.42 bits per heavy atom. The minimum atomic E-state index is -1.57. The summed E-state index contributed by atoms with van der Waals surface area (Å²) in [6.45, 7) is 1.81. The number of aliphatic carboxylic acids is 2. The van der Waals surface area contributed by atoms with Crippen molar-refractivity contribution in [3.8, 4) is 23.7 Å². The number of aldehydes is 1. The molecule has 0 aromatic carbocycles. The van der Waals surface area contributed by atoms with Crippen molar-refractivity contribution in [3.63, 3.8) is 0 Å². The number of carboxylic acid groups (broad SMARTS) is 2. The summed E-state index contributed by atoms with van der Waals surface area (Å²) in [4.78, 5) is 67.2. The largest absolute Gasteiger partial charge is 0.472 e. The first-order valence-corrected chi connectivity index (χ1v) is 7.30. The van der Waals surface area contributed by atoms with E-state index in [0.29, 0.717) is 12.8 Å². The lowest BCUT2D eigenvalue weighted by Gasteiger charge is -2.22. The third kappa shape index (κ3) is 9.47. The van der Waals surface area contributed by atoms with Gasteiger partial charge in [-0.3, -0.25) is 14.4 Å². The van der Waals surface area contributed by atoms with Gasteiger partial charge in [0.1, 0.15) is 18.4 Å². The highest BCUT2D eigenvalue weighted by molar-refractivity contribution is 6.04. The zero-order valence-corrected chi connectivity index (χ0v) is 13.7. The monoisotopic (exact) mass is 364 g/mol. The molecule has 0 radical (unpaired) electrons. The van der Waals surface area contributed by atoms with Gasteiger partial charge in [-0.2, -0.15) is 0 Å². The summed E-state index contributed by atoms with van der Waals surface area (Å²) < 4.78 is 0. The van der Waals surface area contributed by atoms with Crippen molar-refractivity contribution >= 4 is 35.8 Å². The van der Waals surface area contributed by atoms with Gasteiger partial charge < -0.3 is 25.6 Å². The zero-order chi connectivity index (χ0) is 20.1. The summed E-state index contributed by atoms with van der Waals surface area (Å²) in [5.41, 5.74) is 0. The zero-order valence-electron chi connectivity index (χ0n) is 13.7. The van der Waals surface area contributed by atoms with Crippen LogP contribution in [0.25, 0.3) is 0 Å². The summed E-state index contributed by atoms with van der Waals surface area (Å²) in [7, 11) is 0. The van der Waals surface area contributed by atoms with Crippen LogP contribution in [-0.4, -0.2) is 58.1 Å². The van der Waals surface area contributed by atoms with Crippen molar-refractivity contribution in [1.29, 1.82) is 0 Å². The van der Waals surface area contributed by atoms with E-state index in [1.807, 2.05) is 5.32 Å². The Bertz CT molecular complexity index is 720. The van der Waals surface area contributed by atoms with Crippen LogP contribution in [0.2, 0.25) is 0 Å². The number of Topliss-reactive ketones (excluding diaryl/α,β-unsaturated/α-hetero) is 1. The molecule has 0 rings (SSSR count). The first-order chi connectivity index (χ1) is 12.2. The molecule has 0 aliphatic carbocycles. The molecule has 2 atom stereocenters. The Kier molecular flexibility index (Phi) is 10.1. The molecule has 26 heavy (non-hydrogen) atoms. The van der Waals surface area contributed by atoms with E-state index in [0.717, 1.165) is 0 Å². The van der Waals surface area contributed by atoms with Crippen LogP contribution in [-0.2, 0) is 28.8 Å². The number of nitrogens with one attached hydrogen (secondary N) is 2. The molecule has 0 saturated carbocycles. The Labute approximate surface area is 148 Å². The number of hydrogen-bond donors (Lipinski definition) is 4. The summed E-state index contributed by atoms with van der Waals surface area (Å²) in [6, 6.07) is -3.05. The second-order valence-corrected chi connectivity index (χ2v) is 4.77. The lowest BCUT2D eigenvalue weighted by atomic mass is 10.00. The molecule has 138 valence electrons. The Morgan fingerprint density at radius 3 is 1.85 bits per heavy atom. The number of hydrogen-bond acceptors (Lipinski definition) is 6. The molecule has 2 unspecified atom stereocenters. The van der Waals surface area contributed by atoms with E-state index in [-0.39, 0.29) is 12.7 Å². The molecule has 2 amide bonds. The predicted octanol–water partition coefficient (Wildman–Crippen LogP) is -1.91. The third-order valence-corrected chi connectivity index (χ3v) is 2.78. The van der Waals surface area contributed by atoms with E-state index >= 15 is 0 Å². The van der Waals surface area contributed by atoms with E-state index in [9.17, 15) is 28.8 Å². The van der Waals surface area contributed by atoms with Gasteiger partial charge in [-0.25, -0.2) is 9.59 Å². The highest BCUT2D eigenvalue weighted by atomic mass is 16.4. The first kappa shape index (κ1) is 22.3. The lowest BCUT2D eigenvalue weighted by molar-refractivity contribution is -0.131. The Morgan fingerprint density at radius 1 is 0.923 bits per heavy atom. The molecule has 0 saturated heterocycles. The minimum Gasteiger partial charge on any atom is -0.472 e. The average Bonchev–Trinajstić information content (AvgIpc) is 2.58. The number of carbonyl (C=O) groups is 6. The topological polar surface area (TPSA) is 167 Å². The number of rotatable bonds is 8. The standard InChI is InChI=1S/C16H16N2O8/c1-2-3-4-11(20)16(18-13(22)6-8-15(25)26)10(9-19)17-12(21)5-7-14(23)24/h9-10,16H,2-4H2,1H3,(H,17,21)(H,18,22)(H,23,24)(H,25,26). The average molecular weight is 364 g/mol. The van der Waals surface area contributed by atoms with E-state index < -0.39 is 41.6 Å². The fourth-order valence-electron chi connectivity index (χ4n) is 1.66. The maximum atomic E-state index is 12.2. The van der Waals surface area contributed by atoms with E-state index in [1.54, 1.807) is 24.7 Å². The van der Waals surface area contributed by atoms with Gasteiger partial charge in [0.05, 0.1) is 0 Å². The quantitative estimate of drug-likeness (QED) is 0.286. The fraction of sp³-hybridized carbons (Fsp3) is 0.375. The van der Waals surface area contributed by atoms with Gasteiger partial charge in [-0.05, 0) is 6.42 Å². The lowest BCUT2D eigenvalue weighted by Crippen LogP contribution is -2.56. The molecule has 0 spiro atoms. The smallest absolute Gasteiger partial charge is 0.382 e. The molecule has 0 heterocycles. The van der Waals surface area contributed by atoms with Gasteiger partial charge >= 0.3 is 11.9 Å². The van der Waals surface area contributed by atoms with Crippen molar-refractivity contribution in [2.45, 2.75) is 38.3 Å². The maximum Gasteiger partial charge on any atom is 0.382 e. The first-order valence-electron chi connectivity index (χ1n) is 7.30. The highest BCUT2D eigenvalue weighted by Gasteiger charge is 2.30. The van der Waals surface area contributed by atoms with Crippen LogP contribution in [0.4, 0.5) is 0 Å². The van der Waals surface area contributed by atoms with Crippen molar-refractivity contribution in [3.05, 3.63) is 0 Å². The molecule has 0 fully saturated rings. The third-order valence-electron chi connectivity index (χ3n) is 2.78. The summed E-state index contributed by atoms with van der Waals surface area (Å²) in [5.74, 6) is 0.442. The molecule has 10 nitrogen and oxygen atoms in total. The molecule has 0 aliphatic heterocycles. The summed E-state index contributed by atoms with van der Waals surface area (Å²) in [5, 5.41) is 20.8. The number of carboxylic acids is 2. The number of unbranched alkanes of at least 4 members (excludes halogenated alkanes) is 1. The van der Waals surface area contributed by atoms with Crippen LogP contribution in [0.3, 0.4) is 0 Å².